The van der Waals surface area contributed by atoms with E-state index in [2.05, 4.69) is 10.1 Å². The van der Waals surface area contributed by atoms with Crippen LogP contribution in [0.2, 0.25) is 15.1 Å². The van der Waals surface area contributed by atoms with E-state index >= 15 is 0 Å². The van der Waals surface area contributed by atoms with Gasteiger partial charge in [-0.2, -0.15) is 5.10 Å². The molecule has 0 aliphatic carbocycles. The van der Waals surface area contributed by atoms with Crippen LogP contribution in [0.5, 0.6) is 5.75 Å². The van der Waals surface area contributed by atoms with Gasteiger partial charge in [-0.25, -0.2) is 9.67 Å². The van der Waals surface area contributed by atoms with Crippen molar-refractivity contribution in [1.82, 2.24) is 14.8 Å². The average molecular weight is 453 g/mol. The maximum Gasteiger partial charge on any atom is 0.181 e. The van der Waals surface area contributed by atoms with E-state index in [0.717, 1.165) is 11.1 Å². The first kappa shape index (κ1) is 21.6. The highest BCUT2D eigenvalue weighted by atomic mass is 35.5. The maximum absolute atomic E-state index is 12.5. The van der Waals surface area contributed by atoms with Crippen LogP contribution in [0.25, 0.3) is 11.4 Å². The molecule has 0 radical (unpaired) electrons. The molecule has 0 spiro atoms. The molecule has 0 aliphatic heterocycles. The van der Waals surface area contributed by atoms with Gasteiger partial charge in [0.25, 0.3) is 0 Å². The minimum atomic E-state index is 0.0726. The Bertz CT molecular complexity index is 1010. The van der Waals surface area contributed by atoms with Crippen LogP contribution in [-0.4, -0.2) is 27.7 Å². The van der Waals surface area contributed by atoms with E-state index in [1.807, 2.05) is 25.1 Å². The van der Waals surface area contributed by atoms with Crippen molar-refractivity contribution in [1.29, 1.82) is 0 Å². The molecule has 0 amide bonds. The van der Waals surface area contributed by atoms with E-state index in [1.54, 1.807) is 30.0 Å². The zero-order chi connectivity index (χ0) is 21.0. The molecule has 2 aromatic carbocycles. The van der Waals surface area contributed by atoms with Crippen LogP contribution in [0.3, 0.4) is 0 Å². The number of hydrogen-bond donors (Lipinski definition) is 0. The number of ether oxygens (including phenoxy) is 1. The largest absolute Gasteiger partial charge is 0.495 e. The molecular formula is C21H20Cl3N3O2. The number of benzene rings is 2. The minimum Gasteiger partial charge on any atom is -0.495 e. The van der Waals surface area contributed by atoms with E-state index < -0.39 is 0 Å². The number of carbonyl (C=O) groups excluding carboxylic acids is 1. The minimum absolute atomic E-state index is 0.0726. The normalized spacial score (nSPS) is 10.9. The van der Waals surface area contributed by atoms with Crippen molar-refractivity contribution in [3.63, 3.8) is 0 Å². The third kappa shape index (κ3) is 5.50. The van der Waals surface area contributed by atoms with Gasteiger partial charge in [0.05, 0.1) is 18.6 Å². The quantitative estimate of drug-likeness (QED) is 0.441. The van der Waals surface area contributed by atoms with Crippen molar-refractivity contribution < 1.29 is 9.53 Å². The predicted octanol–water partition coefficient (Wildman–Crippen LogP) is 5.68. The monoisotopic (exact) mass is 451 g/mol. The lowest BCUT2D eigenvalue weighted by Gasteiger charge is -2.04. The number of nitrogens with zero attached hydrogens (tertiary/aromatic N) is 3. The fraction of sp³-hybridized carbons (Fsp3) is 0.286. The first-order chi connectivity index (χ1) is 13.9. The van der Waals surface area contributed by atoms with E-state index in [4.69, 9.17) is 39.5 Å². The molecular weight excluding hydrogens is 433 g/mol. The van der Waals surface area contributed by atoms with Crippen LogP contribution in [-0.2, 0) is 24.2 Å². The van der Waals surface area contributed by atoms with Crippen LogP contribution in [0.15, 0.2) is 36.4 Å². The maximum atomic E-state index is 12.5. The molecule has 0 saturated carbocycles. The van der Waals surface area contributed by atoms with E-state index in [0.29, 0.717) is 51.9 Å². The van der Waals surface area contributed by atoms with Crippen LogP contribution in [0.1, 0.15) is 24.7 Å². The first-order valence-electron chi connectivity index (χ1n) is 9.14. The Balaban J connectivity index is 1.72. The highest BCUT2D eigenvalue weighted by Crippen LogP contribution is 2.29. The number of halogens is 3. The van der Waals surface area contributed by atoms with Gasteiger partial charge in [0, 0.05) is 28.6 Å². The third-order valence-electron chi connectivity index (χ3n) is 4.43. The lowest BCUT2D eigenvalue weighted by atomic mass is 10.1. The van der Waals surface area contributed by atoms with Crippen LogP contribution in [0, 0.1) is 0 Å². The number of hydrogen-bond acceptors (Lipinski definition) is 4. The van der Waals surface area contributed by atoms with Gasteiger partial charge in [-0.05, 0) is 55.3 Å². The predicted molar refractivity (Wildman–Crippen MR) is 116 cm³/mol. The van der Waals surface area contributed by atoms with Crippen molar-refractivity contribution >= 4 is 40.6 Å². The number of Topliss-reactive ketones (excluding diaryl/α,β-unsaturated/α-hetero) is 1. The molecule has 0 atom stereocenters. The van der Waals surface area contributed by atoms with Gasteiger partial charge in [-0.3, -0.25) is 4.79 Å². The molecule has 0 N–H and O–H groups in total. The molecule has 1 heterocycles. The lowest BCUT2D eigenvalue weighted by molar-refractivity contribution is -0.118. The highest BCUT2D eigenvalue weighted by Gasteiger charge is 2.15. The molecule has 0 bridgehead atoms. The summed E-state index contributed by atoms with van der Waals surface area (Å²) in [5.41, 5.74) is 1.71. The number of aryl methyl sites for hydroxylation is 2. The van der Waals surface area contributed by atoms with E-state index in [9.17, 15) is 4.79 Å². The topological polar surface area (TPSA) is 57.0 Å². The molecule has 5 nitrogen and oxygen atoms in total. The van der Waals surface area contributed by atoms with Crippen LogP contribution < -0.4 is 4.74 Å². The third-order valence-corrected chi connectivity index (χ3v) is 5.18. The Morgan fingerprint density at radius 3 is 2.48 bits per heavy atom. The van der Waals surface area contributed by atoms with Crippen molar-refractivity contribution in [3.05, 3.63) is 62.9 Å². The summed E-state index contributed by atoms with van der Waals surface area (Å²) in [5.74, 6) is 1.79. The number of ketones is 1. The fourth-order valence-corrected chi connectivity index (χ4v) is 3.75. The van der Waals surface area contributed by atoms with Crippen molar-refractivity contribution in [2.45, 2.75) is 32.7 Å². The van der Waals surface area contributed by atoms with E-state index in [1.165, 1.54) is 0 Å². The second-order valence-electron chi connectivity index (χ2n) is 6.51. The lowest BCUT2D eigenvalue weighted by Crippen LogP contribution is -2.11. The summed E-state index contributed by atoms with van der Waals surface area (Å²) in [4.78, 5) is 17.1. The number of rotatable bonds is 8. The molecule has 29 heavy (non-hydrogen) atoms. The Morgan fingerprint density at radius 2 is 1.83 bits per heavy atom. The number of carbonyl (C=O) groups is 1. The summed E-state index contributed by atoms with van der Waals surface area (Å²) in [6.07, 6.45) is 1.15. The van der Waals surface area contributed by atoms with Crippen LogP contribution >= 0.6 is 34.8 Å². The summed E-state index contributed by atoms with van der Waals surface area (Å²) >= 11 is 18.1. The van der Waals surface area contributed by atoms with Gasteiger partial charge in [-0.1, -0.05) is 34.8 Å². The second kappa shape index (κ2) is 9.61. The summed E-state index contributed by atoms with van der Waals surface area (Å²) in [5, 5.41) is 6.16. The molecule has 3 rings (SSSR count). The van der Waals surface area contributed by atoms with Gasteiger partial charge in [0.1, 0.15) is 17.4 Å². The standard InChI is InChI=1S/C21H20Cl3N3O2/c1-3-27-20(12-17(28)6-4-13-8-15(22)11-16(23)9-13)25-21(26-27)14-5-7-18(24)19(10-14)29-2/h5,7-11H,3-4,6,12H2,1-2H3. The Labute approximate surface area is 184 Å². The molecule has 0 fully saturated rings. The number of aromatic nitrogens is 3. The fourth-order valence-electron chi connectivity index (χ4n) is 2.98. The van der Waals surface area contributed by atoms with E-state index in [-0.39, 0.29) is 12.2 Å². The van der Waals surface area contributed by atoms with Gasteiger partial charge >= 0.3 is 0 Å². The summed E-state index contributed by atoms with van der Waals surface area (Å²) < 4.78 is 7.00. The van der Waals surface area contributed by atoms with Crippen molar-refractivity contribution in [3.8, 4) is 17.1 Å². The molecule has 152 valence electrons. The second-order valence-corrected chi connectivity index (χ2v) is 7.79. The molecule has 8 heteroatoms. The summed E-state index contributed by atoms with van der Waals surface area (Å²) in [6, 6.07) is 10.7. The molecule has 0 saturated heterocycles. The first-order valence-corrected chi connectivity index (χ1v) is 10.3. The summed E-state index contributed by atoms with van der Waals surface area (Å²) in [6.45, 7) is 2.58. The van der Waals surface area contributed by atoms with Gasteiger partial charge in [0.2, 0.25) is 0 Å². The molecule has 0 aliphatic rings. The Morgan fingerprint density at radius 1 is 1.10 bits per heavy atom. The zero-order valence-corrected chi connectivity index (χ0v) is 18.4. The number of methoxy groups -OCH3 is 1. The SMILES string of the molecule is CCn1nc(-c2ccc(Cl)c(OC)c2)nc1CC(=O)CCc1cc(Cl)cc(Cl)c1. The highest BCUT2D eigenvalue weighted by molar-refractivity contribution is 6.34. The smallest absolute Gasteiger partial charge is 0.181 e. The van der Waals surface area contributed by atoms with Gasteiger partial charge < -0.3 is 4.74 Å². The molecule has 0 unspecified atom stereocenters. The van der Waals surface area contributed by atoms with Crippen LogP contribution in [0.4, 0.5) is 0 Å². The Kier molecular flexibility index (Phi) is 7.17. The van der Waals surface area contributed by atoms with Crippen molar-refractivity contribution in [2.24, 2.45) is 0 Å². The van der Waals surface area contributed by atoms with Gasteiger partial charge in [-0.15, -0.1) is 0 Å². The van der Waals surface area contributed by atoms with Crippen molar-refractivity contribution in [2.75, 3.05) is 7.11 Å². The molecule has 1 aromatic heterocycles. The molecule has 3 aromatic rings. The zero-order valence-electron chi connectivity index (χ0n) is 16.1. The summed E-state index contributed by atoms with van der Waals surface area (Å²) in [7, 11) is 1.56. The average Bonchev–Trinajstić information content (AvgIpc) is 3.08. The van der Waals surface area contributed by atoms with Gasteiger partial charge in [0.15, 0.2) is 5.82 Å². The Hall–Kier alpha value is -2.08.